The van der Waals surface area contributed by atoms with Gasteiger partial charge in [0.15, 0.2) is 0 Å². The molecular formula is C19H19F3N2O4. The van der Waals surface area contributed by atoms with Crippen LogP contribution in [0.3, 0.4) is 0 Å². The maximum Gasteiger partial charge on any atom is 0.490 e. The second kappa shape index (κ2) is 7.75. The Morgan fingerprint density at radius 3 is 2.50 bits per heavy atom. The fourth-order valence-electron chi connectivity index (χ4n) is 3.52. The first-order valence-corrected chi connectivity index (χ1v) is 8.76. The average Bonchev–Trinajstić information content (AvgIpc) is 3.17. The van der Waals surface area contributed by atoms with E-state index in [4.69, 9.17) is 14.6 Å². The van der Waals surface area contributed by atoms with Crippen LogP contribution >= 0.6 is 0 Å². The summed E-state index contributed by atoms with van der Waals surface area (Å²) in [5, 5.41) is 8.18. The number of pyridine rings is 1. The number of amides is 1. The predicted molar refractivity (Wildman–Crippen MR) is 93.8 cm³/mol. The van der Waals surface area contributed by atoms with Gasteiger partial charge in [-0.05, 0) is 25.5 Å². The molecule has 28 heavy (non-hydrogen) atoms. The third-order valence-corrected chi connectivity index (χ3v) is 4.77. The maximum atomic E-state index is 12.6. The van der Waals surface area contributed by atoms with E-state index in [1.807, 2.05) is 41.3 Å². The zero-order valence-electron chi connectivity index (χ0n) is 15.0. The minimum atomic E-state index is -5.08. The molecule has 2 aromatic rings. The van der Waals surface area contributed by atoms with Gasteiger partial charge >= 0.3 is 12.1 Å². The van der Waals surface area contributed by atoms with Gasteiger partial charge < -0.3 is 14.7 Å². The van der Waals surface area contributed by atoms with E-state index in [0.29, 0.717) is 24.3 Å². The molecule has 0 spiro atoms. The van der Waals surface area contributed by atoms with Gasteiger partial charge in [-0.2, -0.15) is 13.2 Å². The first-order chi connectivity index (χ1) is 13.1. The van der Waals surface area contributed by atoms with E-state index < -0.39 is 12.1 Å². The maximum absolute atomic E-state index is 12.6. The molecule has 3 atom stereocenters. The number of hydrogen-bond acceptors (Lipinski definition) is 4. The molecule has 6 nitrogen and oxygen atoms in total. The van der Waals surface area contributed by atoms with E-state index in [0.717, 1.165) is 23.9 Å². The molecule has 2 fully saturated rings. The van der Waals surface area contributed by atoms with Crippen LogP contribution in [0.2, 0.25) is 0 Å². The number of carboxylic acid groups (broad SMARTS) is 1. The molecule has 1 aromatic heterocycles. The molecule has 1 N–H and O–H groups in total. The Bertz CT molecular complexity index is 873. The van der Waals surface area contributed by atoms with Gasteiger partial charge in [0.05, 0.1) is 17.7 Å². The van der Waals surface area contributed by atoms with Crippen molar-refractivity contribution >= 4 is 22.8 Å². The Labute approximate surface area is 158 Å². The number of rotatable bonds is 1. The highest BCUT2D eigenvalue weighted by molar-refractivity contribution is 5.95. The highest BCUT2D eigenvalue weighted by Gasteiger charge is 2.42. The summed E-state index contributed by atoms with van der Waals surface area (Å²) >= 11 is 0. The van der Waals surface area contributed by atoms with E-state index in [2.05, 4.69) is 11.9 Å². The van der Waals surface area contributed by atoms with Gasteiger partial charge in [0.1, 0.15) is 5.69 Å². The van der Waals surface area contributed by atoms with Crippen molar-refractivity contribution in [2.45, 2.75) is 31.7 Å². The Morgan fingerprint density at radius 2 is 1.86 bits per heavy atom. The number of para-hydroxylation sites is 1. The summed E-state index contributed by atoms with van der Waals surface area (Å²) < 4.78 is 37.6. The number of nitrogens with zero attached hydrogens (tertiary/aromatic N) is 2. The molecule has 1 amide bonds. The summed E-state index contributed by atoms with van der Waals surface area (Å²) in [6, 6.07) is 11.7. The van der Waals surface area contributed by atoms with Crippen LogP contribution in [0, 0.1) is 5.92 Å². The van der Waals surface area contributed by atoms with Gasteiger partial charge in [-0.15, -0.1) is 0 Å². The van der Waals surface area contributed by atoms with Crippen molar-refractivity contribution in [2.24, 2.45) is 5.92 Å². The number of carbonyl (C=O) groups excluding carboxylic acids is 1. The number of halogens is 3. The fraction of sp³-hybridized carbons (Fsp3) is 0.421. The first kappa shape index (κ1) is 20.1. The van der Waals surface area contributed by atoms with E-state index >= 15 is 0 Å². The van der Waals surface area contributed by atoms with Crippen LogP contribution < -0.4 is 0 Å². The largest absolute Gasteiger partial charge is 0.490 e. The molecule has 2 aliphatic rings. The standard InChI is InChI=1S/C17H18N2O2.C2HF3O2/c1-11-8-13-9-19(10-16(13)21-11)17(20)15-7-6-12-4-2-3-5-14(12)18-15;3-2(4,5)1(6)7/h2-7,11,13,16H,8-10H2,1H3;(H,6,7)/t11-,13+,16-;/m1./s1. The zero-order valence-corrected chi connectivity index (χ0v) is 15.0. The summed E-state index contributed by atoms with van der Waals surface area (Å²) in [5.41, 5.74) is 1.40. The van der Waals surface area contributed by atoms with E-state index in [1.165, 1.54) is 0 Å². The Balaban J connectivity index is 0.000000279. The number of benzene rings is 1. The molecular weight excluding hydrogens is 377 g/mol. The van der Waals surface area contributed by atoms with Crippen molar-refractivity contribution in [2.75, 3.05) is 13.1 Å². The van der Waals surface area contributed by atoms with E-state index in [1.54, 1.807) is 0 Å². The molecule has 0 saturated carbocycles. The van der Waals surface area contributed by atoms with Gasteiger partial charge in [-0.1, -0.05) is 24.3 Å². The molecule has 2 saturated heterocycles. The third kappa shape index (κ3) is 4.41. The Morgan fingerprint density at radius 1 is 1.18 bits per heavy atom. The lowest BCUT2D eigenvalue weighted by atomic mass is 10.0. The second-order valence-electron chi connectivity index (χ2n) is 6.88. The van der Waals surface area contributed by atoms with Crippen LogP contribution in [0.15, 0.2) is 36.4 Å². The van der Waals surface area contributed by atoms with Gasteiger partial charge in [-0.3, -0.25) is 4.79 Å². The molecule has 9 heteroatoms. The van der Waals surface area contributed by atoms with Crippen LogP contribution in [0.4, 0.5) is 13.2 Å². The van der Waals surface area contributed by atoms with Crippen LogP contribution in [0.25, 0.3) is 10.9 Å². The third-order valence-electron chi connectivity index (χ3n) is 4.77. The number of alkyl halides is 3. The van der Waals surface area contributed by atoms with Crippen LogP contribution in [0.5, 0.6) is 0 Å². The lowest BCUT2D eigenvalue weighted by Crippen LogP contribution is -2.31. The Hall–Kier alpha value is -2.68. The second-order valence-corrected chi connectivity index (χ2v) is 6.88. The van der Waals surface area contributed by atoms with Crippen molar-refractivity contribution in [1.29, 1.82) is 0 Å². The lowest BCUT2D eigenvalue weighted by molar-refractivity contribution is -0.192. The van der Waals surface area contributed by atoms with Gasteiger partial charge in [0, 0.05) is 24.4 Å². The number of fused-ring (bicyclic) bond motifs is 2. The number of hydrogen-bond donors (Lipinski definition) is 1. The molecule has 2 aliphatic heterocycles. The number of aliphatic carboxylic acids is 1. The highest BCUT2D eigenvalue weighted by Crippen LogP contribution is 2.33. The minimum absolute atomic E-state index is 0.0198. The summed E-state index contributed by atoms with van der Waals surface area (Å²) in [7, 11) is 0. The number of ether oxygens (including phenoxy) is 1. The fourth-order valence-corrected chi connectivity index (χ4v) is 3.52. The quantitative estimate of drug-likeness (QED) is 0.801. The van der Waals surface area contributed by atoms with Gasteiger partial charge in [0.25, 0.3) is 5.91 Å². The van der Waals surface area contributed by atoms with Crippen molar-refractivity contribution in [3.05, 3.63) is 42.1 Å². The molecule has 4 rings (SSSR count). The molecule has 1 aromatic carbocycles. The minimum Gasteiger partial charge on any atom is -0.475 e. The predicted octanol–water partition coefficient (Wildman–Crippen LogP) is 3.12. The summed E-state index contributed by atoms with van der Waals surface area (Å²) in [6.07, 6.45) is -3.49. The lowest BCUT2D eigenvalue weighted by Gasteiger charge is -2.18. The molecule has 0 bridgehead atoms. The van der Waals surface area contributed by atoms with Crippen LogP contribution in [-0.4, -0.2) is 58.3 Å². The molecule has 3 heterocycles. The molecule has 150 valence electrons. The number of carbonyl (C=O) groups is 2. The smallest absolute Gasteiger partial charge is 0.475 e. The van der Waals surface area contributed by atoms with Gasteiger partial charge in [0.2, 0.25) is 0 Å². The van der Waals surface area contributed by atoms with Crippen molar-refractivity contribution in [1.82, 2.24) is 9.88 Å². The molecule has 0 aliphatic carbocycles. The van der Waals surface area contributed by atoms with Crippen molar-refractivity contribution in [3.8, 4) is 0 Å². The number of carboxylic acids is 1. The summed E-state index contributed by atoms with van der Waals surface area (Å²) in [6.45, 7) is 3.60. The van der Waals surface area contributed by atoms with Crippen molar-refractivity contribution < 1.29 is 32.6 Å². The normalized spacial score (nSPS) is 23.9. The molecule has 0 radical (unpaired) electrons. The zero-order chi connectivity index (χ0) is 20.5. The van der Waals surface area contributed by atoms with Gasteiger partial charge in [-0.25, -0.2) is 9.78 Å². The number of likely N-dealkylation sites (tertiary alicyclic amines) is 1. The van der Waals surface area contributed by atoms with E-state index in [9.17, 15) is 18.0 Å². The molecule has 0 unspecified atom stereocenters. The Kier molecular flexibility index (Phi) is 5.55. The topological polar surface area (TPSA) is 79.7 Å². The summed E-state index contributed by atoms with van der Waals surface area (Å²) in [5.74, 6) is -2.25. The van der Waals surface area contributed by atoms with Crippen molar-refractivity contribution in [3.63, 3.8) is 0 Å². The average molecular weight is 396 g/mol. The summed E-state index contributed by atoms with van der Waals surface area (Å²) in [4.78, 5) is 27.9. The monoisotopic (exact) mass is 396 g/mol. The van der Waals surface area contributed by atoms with Crippen LogP contribution in [0.1, 0.15) is 23.8 Å². The van der Waals surface area contributed by atoms with E-state index in [-0.39, 0.29) is 12.0 Å². The highest BCUT2D eigenvalue weighted by atomic mass is 19.4. The number of aromatic nitrogens is 1. The SMILES string of the molecule is C[C@@H]1C[C@H]2CN(C(=O)c3ccc4ccccc4n3)C[C@H]2O1.O=C(O)C(F)(F)F. The first-order valence-electron chi connectivity index (χ1n) is 8.76. The van der Waals surface area contributed by atoms with Crippen LogP contribution in [-0.2, 0) is 9.53 Å².